The van der Waals surface area contributed by atoms with Gasteiger partial charge >= 0.3 is 0 Å². The molecular formula is C16H25N3O. The number of likely N-dealkylation sites (tertiary alicyclic amines) is 1. The lowest BCUT2D eigenvalue weighted by Gasteiger charge is -2.39. The van der Waals surface area contributed by atoms with Crippen LogP contribution in [-0.4, -0.2) is 37.0 Å². The van der Waals surface area contributed by atoms with E-state index in [-0.39, 0.29) is 5.91 Å². The Labute approximate surface area is 121 Å². The standard InChI is InChI=1S/C16H25N3O/c1-11-6-5-7-12(2)19(11)16(20)14-10-13(17)8-9-15(14)18(3)4/h8-12H,5-7,17H2,1-4H3/t11-,12+. The minimum absolute atomic E-state index is 0.0979. The average Bonchev–Trinajstić information content (AvgIpc) is 2.37. The molecular weight excluding hydrogens is 250 g/mol. The van der Waals surface area contributed by atoms with Crippen LogP contribution in [0.2, 0.25) is 0 Å². The van der Waals surface area contributed by atoms with Gasteiger partial charge in [0.05, 0.1) is 5.56 Å². The molecule has 0 radical (unpaired) electrons. The van der Waals surface area contributed by atoms with Gasteiger partial charge in [0.1, 0.15) is 0 Å². The molecule has 4 nitrogen and oxygen atoms in total. The number of rotatable bonds is 2. The first-order valence-electron chi connectivity index (χ1n) is 7.31. The summed E-state index contributed by atoms with van der Waals surface area (Å²) in [5, 5.41) is 0. The number of anilines is 2. The van der Waals surface area contributed by atoms with Crippen LogP contribution in [0.15, 0.2) is 18.2 Å². The molecule has 0 saturated carbocycles. The summed E-state index contributed by atoms with van der Waals surface area (Å²) < 4.78 is 0. The van der Waals surface area contributed by atoms with Crippen LogP contribution in [0.1, 0.15) is 43.5 Å². The van der Waals surface area contributed by atoms with Gasteiger partial charge in [-0.25, -0.2) is 0 Å². The molecule has 2 rings (SSSR count). The number of nitrogens with zero attached hydrogens (tertiary/aromatic N) is 2. The molecule has 1 aromatic rings. The number of piperidine rings is 1. The molecule has 1 aliphatic heterocycles. The van der Waals surface area contributed by atoms with Crippen molar-refractivity contribution in [2.45, 2.75) is 45.2 Å². The summed E-state index contributed by atoms with van der Waals surface area (Å²) in [4.78, 5) is 16.9. The number of carbonyl (C=O) groups excluding carboxylic acids is 1. The molecule has 1 fully saturated rings. The molecule has 20 heavy (non-hydrogen) atoms. The summed E-state index contributed by atoms with van der Waals surface area (Å²) >= 11 is 0. The van der Waals surface area contributed by atoms with Gasteiger partial charge in [0.25, 0.3) is 5.91 Å². The fourth-order valence-corrected chi connectivity index (χ4v) is 3.08. The molecule has 110 valence electrons. The lowest BCUT2D eigenvalue weighted by atomic mass is 9.96. The van der Waals surface area contributed by atoms with E-state index in [2.05, 4.69) is 13.8 Å². The van der Waals surface area contributed by atoms with E-state index >= 15 is 0 Å². The molecule has 0 spiro atoms. The number of benzene rings is 1. The van der Waals surface area contributed by atoms with E-state index in [1.165, 1.54) is 6.42 Å². The van der Waals surface area contributed by atoms with Gasteiger partial charge in [0.2, 0.25) is 0 Å². The van der Waals surface area contributed by atoms with Crippen LogP contribution < -0.4 is 10.6 Å². The normalized spacial score (nSPS) is 22.7. The second-order valence-corrected chi connectivity index (χ2v) is 6.01. The quantitative estimate of drug-likeness (QED) is 0.844. The third-order valence-electron chi connectivity index (χ3n) is 4.16. The zero-order valence-electron chi connectivity index (χ0n) is 12.9. The second-order valence-electron chi connectivity index (χ2n) is 6.01. The first kappa shape index (κ1) is 14.7. The smallest absolute Gasteiger partial charge is 0.256 e. The maximum atomic E-state index is 12.9. The summed E-state index contributed by atoms with van der Waals surface area (Å²) in [6.45, 7) is 4.27. The highest BCUT2D eigenvalue weighted by Crippen LogP contribution is 2.29. The monoisotopic (exact) mass is 275 g/mol. The zero-order chi connectivity index (χ0) is 14.9. The van der Waals surface area contributed by atoms with Crippen molar-refractivity contribution in [1.82, 2.24) is 4.90 Å². The largest absolute Gasteiger partial charge is 0.399 e. The van der Waals surface area contributed by atoms with Gasteiger partial charge in [-0.1, -0.05) is 0 Å². The van der Waals surface area contributed by atoms with Gasteiger partial charge in [0, 0.05) is 37.6 Å². The van der Waals surface area contributed by atoms with E-state index in [1.807, 2.05) is 36.0 Å². The van der Waals surface area contributed by atoms with Gasteiger partial charge in [-0.2, -0.15) is 0 Å². The molecule has 1 aliphatic rings. The molecule has 0 aromatic heterocycles. The fraction of sp³-hybridized carbons (Fsp3) is 0.562. The van der Waals surface area contributed by atoms with Crippen LogP contribution in [0, 0.1) is 0 Å². The molecule has 1 amide bonds. The molecule has 0 unspecified atom stereocenters. The number of amides is 1. The Hall–Kier alpha value is -1.71. The minimum Gasteiger partial charge on any atom is -0.399 e. The van der Waals surface area contributed by atoms with Crippen molar-refractivity contribution >= 4 is 17.3 Å². The van der Waals surface area contributed by atoms with E-state index in [4.69, 9.17) is 5.73 Å². The van der Waals surface area contributed by atoms with Crippen LogP contribution >= 0.6 is 0 Å². The second kappa shape index (κ2) is 5.73. The predicted octanol–water partition coefficient (Wildman–Crippen LogP) is 2.74. The van der Waals surface area contributed by atoms with Gasteiger partial charge < -0.3 is 15.5 Å². The molecule has 1 saturated heterocycles. The van der Waals surface area contributed by atoms with Crippen molar-refractivity contribution in [3.8, 4) is 0 Å². The van der Waals surface area contributed by atoms with Crippen molar-refractivity contribution in [3.05, 3.63) is 23.8 Å². The highest BCUT2D eigenvalue weighted by Gasteiger charge is 2.31. The Morgan fingerprint density at radius 3 is 2.40 bits per heavy atom. The van der Waals surface area contributed by atoms with E-state index in [1.54, 1.807) is 6.07 Å². The predicted molar refractivity (Wildman–Crippen MR) is 84.1 cm³/mol. The number of nitrogen functional groups attached to an aromatic ring is 1. The fourth-order valence-electron chi connectivity index (χ4n) is 3.08. The Morgan fingerprint density at radius 1 is 1.25 bits per heavy atom. The third-order valence-corrected chi connectivity index (χ3v) is 4.16. The number of hydrogen-bond donors (Lipinski definition) is 1. The minimum atomic E-state index is 0.0979. The zero-order valence-corrected chi connectivity index (χ0v) is 12.9. The Bertz CT molecular complexity index is 488. The van der Waals surface area contributed by atoms with Crippen LogP contribution in [-0.2, 0) is 0 Å². The summed E-state index contributed by atoms with van der Waals surface area (Å²) in [6.07, 6.45) is 3.36. The third kappa shape index (κ3) is 2.74. The summed E-state index contributed by atoms with van der Waals surface area (Å²) in [5.41, 5.74) is 8.14. The van der Waals surface area contributed by atoms with Crippen LogP contribution in [0.25, 0.3) is 0 Å². The first-order valence-corrected chi connectivity index (χ1v) is 7.31. The van der Waals surface area contributed by atoms with Crippen molar-refractivity contribution in [2.24, 2.45) is 0 Å². The van der Waals surface area contributed by atoms with E-state index in [0.717, 1.165) is 18.5 Å². The highest BCUT2D eigenvalue weighted by molar-refractivity contribution is 6.01. The van der Waals surface area contributed by atoms with Crippen LogP contribution in [0.3, 0.4) is 0 Å². The van der Waals surface area contributed by atoms with E-state index in [9.17, 15) is 4.79 Å². The van der Waals surface area contributed by atoms with E-state index < -0.39 is 0 Å². The van der Waals surface area contributed by atoms with Gasteiger partial charge in [-0.3, -0.25) is 4.79 Å². The molecule has 2 atom stereocenters. The Balaban J connectivity index is 2.39. The maximum Gasteiger partial charge on any atom is 0.256 e. The average molecular weight is 275 g/mol. The molecule has 4 heteroatoms. The molecule has 0 bridgehead atoms. The SMILES string of the molecule is C[C@@H]1CCC[C@H](C)N1C(=O)c1cc(N)ccc1N(C)C. The maximum absolute atomic E-state index is 12.9. The number of hydrogen-bond acceptors (Lipinski definition) is 3. The van der Waals surface area contributed by atoms with Gasteiger partial charge in [-0.15, -0.1) is 0 Å². The Kier molecular flexibility index (Phi) is 4.21. The molecule has 0 aliphatic carbocycles. The van der Waals surface area contributed by atoms with Crippen molar-refractivity contribution in [3.63, 3.8) is 0 Å². The lowest BCUT2D eigenvalue weighted by Crippen LogP contribution is -2.47. The number of nitrogens with two attached hydrogens (primary N) is 1. The van der Waals surface area contributed by atoms with Crippen LogP contribution in [0.4, 0.5) is 11.4 Å². The molecule has 2 N–H and O–H groups in total. The molecule has 1 aromatic carbocycles. The lowest BCUT2D eigenvalue weighted by molar-refractivity contribution is 0.0511. The van der Waals surface area contributed by atoms with Gasteiger partial charge in [-0.05, 0) is 51.3 Å². The van der Waals surface area contributed by atoms with Crippen LogP contribution in [0.5, 0.6) is 0 Å². The van der Waals surface area contributed by atoms with Crippen molar-refractivity contribution in [2.75, 3.05) is 24.7 Å². The van der Waals surface area contributed by atoms with Gasteiger partial charge in [0.15, 0.2) is 0 Å². The number of carbonyl (C=O) groups is 1. The first-order chi connectivity index (χ1) is 9.41. The topological polar surface area (TPSA) is 49.6 Å². The summed E-state index contributed by atoms with van der Waals surface area (Å²) in [5.74, 6) is 0.0979. The molecule has 1 heterocycles. The highest BCUT2D eigenvalue weighted by atomic mass is 16.2. The van der Waals surface area contributed by atoms with E-state index in [0.29, 0.717) is 23.3 Å². The van der Waals surface area contributed by atoms with Crippen molar-refractivity contribution < 1.29 is 4.79 Å². The summed E-state index contributed by atoms with van der Waals surface area (Å²) in [7, 11) is 3.90. The summed E-state index contributed by atoms with van der Waals surface area (Å²) in [6, 6.07) is 6.15. The van der Waals surface area contributed by atoms with Crippen molar-refractivity contribution in [1.29, 1.82) is 0 Å². The Morgan fingerprint density at radius 2 is 1.85 bits per heavy atom.